The molecule has 7 nitrogen and oxygen atoms in total. The molecule has 1 aliphatic heterocycles. The molecule has 4 rings (SSSR count). The maximum absolute atomic E-state index is 13.1. The summed E-state index contributed by atoms with van der Waals surface area (Å²) in [7, 11) is 0. The summed E-state index contributed by atoms with van der Waals surface area (Å²) in [6.07, 6.45) is 1.53. The molecular formula is C23H27ClN6OS. The Morgan fingerprint density at radius 3 is 2.50 bits per heavy atom. The highest BCUT2D eigenvalue weighted by molar-refractivity contribution is 7.13. The highest BCUT2D eigenvalue weighted by Gasteiger charge is 2.26. The number of anilines is 1. The summed E-state index contributed by atoms with van der Waals surface area (Å²) < 4.78 is 0. The lowest BCUT2D eigenvalue weighted by atomic mass is 10.2. The molecule has 168 valence electrons. The second-order valence-corrected chi connectivity index (χ2v) is 8.88. The Balaban J connectivity index is 1.36. The van der Waals surface area contributed by atoms with Crippen LogP contribution in [0.5, 0.6) is 0 Å². The number of benzene rings is 1. The van der Waals surface area contributed by atoms with Crippen LogP contribution in [0.3, 0.4) is 0 Å². The van der Waals surface area contributed by atoms with Crippen LogP contribution in [0.15, 0.2) is 41.9 Å². The molecule has 0 atom stereocenters. The van der Waals surface area contributed by atoms with Crippen LogP contribution in [0.25, 0.3) is 10.6 Å². The van der Waals surface area contributed by atoms with Crippen molar-refractivity contribution in [1.82, 2.24) is 24.8 Å². The Kier molecular flexibility index (Phi) is 7.34. The maximum Gasteiger partial charge on any atom is 0.274 e. The first-order valence-electron chi connectivity index (χ1n) is 10.9. The third kappa shape index (κ3) is 5.09. The van der Waals surface area contributed by atoms with Crippen molar-refractivity contribution in [3.05, 3.63) is 58.3 Å². The van der Waals surface area contributed by atoms with Gasteiger partial charge in [0.25, 0.3) is 5.91 Å². The first-order valence-corrected chi connectivity index (χ1v) is 12.1. The lowest BCUT2D eigenvalue weighted by Crippen LogP contribution is -2.48. The molecule has 0 N–H and O–H groups in total. The van der Waals surface area contributed by atoms with E-state index in [2.05, 4.69) is 32.4 Å². The van der Waals surface area contributed by atoms with Gasteiger partial charge in [-0.25, -0.2) is 15.0 Å². The van der Waals surface area contributed by atoms with Gasteiger partial charge in [-0.05, 0) is 13.8 Å². The highest BCUT2D eigenvalue weighted by atomic mass is 35.5. The summed E-state index contributed by atoms with van der Waals surface area (Å²) in [5.74, 6) is 0.407. The Bertz CT molecular complexity index is 1050. The van der Waals surface area contributed by atoms with Crippen molar-refractivity contribution in [2.24, 2.45) is 0 Å². The predicted octanol–water partition coefficient (Wildman–Crippen LogP) is 4.06. The molecular weight excluding hydrogens is 444 g/mol. The topological polar surface area (TPSA) is 65.5 Å². The fraction of sp³-hybridized carbons (Fsp3) is 0.391. The van der Waals surface area contributed by atoms with E-state index in [1.165, 1.54) is 6.20 Å². The molecule has 3 aromatic rings. The lowest BCUT2D eigenvalue weighted by molar-refractivity contribution is 0.0621. The number of hydrogen-bond donors (Lipinski definition) is 0. The molecule has 32 heavy (non-hydrogen) atoms. The summed E-state index contributed by atoms with van der Waals surface area (Å²) in [4.78, 5) is 32.8. The highest BCUT2D eigenvalue weighted by Crippen LogP contribution is 2.24. The van der Waals surface area contributed by atoms with Crippen molar-refractivity contribution >= 4 is 34.8 Å². The maximum atomic E-state index is 13.1. The van der Waals surface area contributed by atoms with Crippen LogP contribution >= 0.6 is 22.9 Å². The van der Waals surface area contributed by atoms with Gasteiger partial charge in [-0.3, -0.25) is 9.69 Å². The van der Waals surface area contributed by atoms with Crippen LogP contribution in [-0.4, -0.2) is 69.9 Å². The van der Waals surface area contributed by atoms with Gasteiger partial charge in [0.2, 0.25) is 5.95 Å². The number of carbonyl (C=O) groups excluding carboxylic acids is 1. The first-order chi connectivity index (χ1) is 15.6. The number of thiazole rings is 1. The summed E-state index contributed by atoms with van der Waals surface area (Å²) in [5, 5.41) is 3.45. The van der Waals surface area contributed by atoms with Crippen molar-refractivity contribution in [3.63, 3.8) is 0 Å². The average molecular weight is 471 g/mol. The second-order valence-electron chi connectivity index (χ2n) is 7.62. The third-order valence-electron chi connectivity index (χ3n) is 5.60. The molecule has 9 heteroatoms. The zero-order valence-electron chi connectivity index (χ0n) is 18.4. The third-order valence-corrected chi connectivity index (χ3v) is 6.81. The molecule has 1 fully saturated rings. The lowest BCUT2D eigenvalue weighted by Gasteiger charge is -2.34. The quantitative estimate of drug-likeness (QED) is 0.519. The number of halogens is 1. The first kappa shape index (κ1) is 22.6. The van der Waals surface area contributed by atoms with E-state index >= 15 is 0 Å². The molecule has 2 aromatic heterocycles. The molecule has 0 spiro atoms. The van der Waals surface area contributed by atoms with Gasteiger partial charge in [0.1, 0.15) is 5.01 Å². The average Bonchev–Trinajstić information content (AvgIpc) is 3.30. The van der Waals surface area contributed by atoms with Crippen LogP contribution in [0, 0.1) is 0 Å². The minimum absolute atomic E-state index is 0.134. The Morgan fingerprint density at radius 2 is 1.81 bits per heavy atom. The summed E-state index contributed by atoms with van der Waals surface area (Å²) in [5.41, 5.74) is 2.49. The van der Waals surface area contributed by atoms with Crippen molar-refractivity contribution < 1.29 is 4.79 Å². The molecule has 0 aliphatic carbocycles. The fourth-order valence-corrected chi connectivity index (χ4v) is 4.74. The van der Waals surface area contributed by atoms with E-state index in [0.717, 1.165) is 49.0 Å². The zero-order valence-corrected chi connectivity index (χ0v) is 19.9. The van der Waals surface area contributed by atoms with Gasteiger partial charge in [0.15, 0.2) is 5.69 Å². The number of piperazine rings is 1. The van der Waals surface area contributed by atoms with E-state index in [1.807, 2.05) is 41.8 Å². The van der Waals surface area contributed by atoms with Crippen LogP contribution in [0.2, 0.25) is 5.02 Å². The van der Waals surface area contributed by atoms with Crippen molar-refractivity contribution in [3.8, 4) is 10.6 Å². The van der Waals surface area contributed by atoms with Crippen molar-refractivity contribution in [2.45, 2.75) is 20.4 Å². The van der Waals surface area contributed by atoms with Gasteiger partial charge in [0.05, 0.1) is 16.9 Å². The summed E-state index contributed by atoms with van der Waals surface area (Å²) in [6.45, 7) is 9.24. The van der Waals surface area contributed by atoms with E-state index in [-0.39, 0.29) is 11.6 Å². The predicted molar refractivity (Wildman–Crippen MR) is 129 cm³/mol. The number of hydrogen-bond acceptors (Lipinski definition) is 7. The largest absolute Gasteiger partial charge is 0.341 e. The number of rotatable bonds is 7. The van der Waals surface area contributed by atoms with Gasteiger partial charge >= 0.3 is 0 Å². The molecule has 1 aromatic carbocycles. The monoisotopic (exact) mass is 470 g/mol. The standard InChI is InChI=1S/C23H27ClN6OS/c1-3-29(4-2)23-25-14-19(24)20(27-23)22(31)30-12-10-28(11-13-30)15-18-16-32-21(26-18)17-8-6-5-7-9-17/h5-9,14,16H,3-4,10-13,15H2,1-2H3. The molecule has 0 radical (unpaired) electrons. The molecule has 0 saturated carbocycles. The number of aromatic nitrogens is 3. The SMILES string of the molecule is CCN(CC)c1ncc(Cl)c(C(=O)N2CCN(Cc3csc(-c4ccccc4)n3)CC2)n1. The molecule has 0 unspecified atom stereocenters. The van der Waals surface area contributed by atoms with Crippen LogP contribution in [-0.2, 0) is 6.54 Å². The summed E-state index contributed by atoms with van der Waals surface area (Å²) in [6, 6.07) is 10.2. The van der Waals surface area contributed by atoms with Crippen LogP contribution < -0.4 is 4.90 Å². The van der Waals surface area contributed by atoms with Gasteiger partial charge in [-0.15, -0.1) is 11.3 Å². The van der Waals surface area contributed by atoms with E-state index in [0.29, 0.717) is 24.1 Å². The Labute approximate surface area is 197 Å². The summed E-state index contributed by atoms with van der Waals surface area (Å²) >= 11 is 7.95. The Hall–Kier alpha value is -2.55. The number of amides is 1. The van der Waals surface area contributed by atoms with Gasteiger partial charge < -0.3 is 9.80 Å². The molecule has 1 amide bonds. The van der Waals surface area contributed by atoms with Crippen molar-refractivity contribution in [1.29, 1.82) is 0 Å². The second kappa shape index (κ2) is 10.4. The van der Waals surface area contributed by atoms with Crippen LogP contribution in [0.4, 0.5) is 5.95 Å². The van der Waals surface area contributed by atoms with Gasteiger partial charge in [0, 0.05) is 56.8 Å². The van der Waals surface area contributed by atoms with Gasteiger partial charge in [-0.1, -0.05) is 41.9 Å². The zero-order chi connectivity index (χ0) is 22.5. The van der Waals surface area contributed by atoms with Gasteiger partial charge in [-0.2, -0.15) is 0 Å². The molecule has 1 saturated heterocycles. The molecule has 0 bridgehead atoms. The van der Waals surface area contributed by atoms with E-state index < -0.39 is 0 Å². The van der Waals surface area contributed by atoms with Crippen LogP contribution in [0.1, 0.15) is 30.0 Å². The van der Waals surface area contributed by atoms with Crippen molar-refractivity contribution in [2.75, 3.05) is 44.2 Å². The fourth-order valence-electron chi connectivity index (χ4n) is 3.75. The van der Waals surface area contributed by atoms with E-state index in [1.54, 1.807) is 11.3 Å². The molecule has 3 heterocycles. The normalized spacial score (nSPS) is 14.5. The number of nitrogens with zero attached hydrogens (tertiary/aromatic N) is 6. The van der Waals surface area contributed by atoms with E-state index in [9.17, 15) is 4.79 Å². The number of carbonyl (C=O) groups is 1. The molecule has 1 aliphatic rings. The smallest absolute Gasteiger partial charge is 0.274 e. The minimum Gasteiger partial charge on any atom is -0.341 e. The Morgan fingerprint density at radius 1 is 1.09 bits per heavy atom. The van der Waals surface area contributed by atoms with E-state index in [4.69, 9.17) is 16.6 Å². The minimum atomic E-state index is -0.134.